The summed E-state index contributed by atoms with van der Waals surface area (Å²) < 4.78 is 29.5. The third-order valence-electron chi connectivity index (χ3n) is 4.57. The predicted octanol–water partition coefficient (Wildman–Crippen LogP) is 4.91. The number of hydrogen-bond acceptors (Lipinski definition) is 5. The van der Waals surface area contributed by atoms with Crippen LogP contribution in [0.3, 0.4) is 0 Å². The summed E-state index contributed by atoms with van der Waals surface area (Å²) in [6.45, 7) is 3.90. The van der Waals surface area contributed by atoms with Crippen molar-refractivity contribution < 1.29 is 28.2 Å². The van der Waals surface area contributed by atoms with Crippen LogP contribution in [-0.2, 0) is 0 Å². The van der Waals surface area contributed by atoms with Gasteiger partial charge in [0.25, 0.3) is 11.8 Å². The third-order valence-corrected chi connectivity index (χ3v) is 4.57. The smallest absolute Gasteiger partial charge is 0.255 e. The van der Waals surface area contributed by atoms with Gasteiger partial charge >= 0.3 is 0 Å². The van der Waals surface area contributed by atoms with E-state index in [0.717, 1.165) is 6.07 Å². The molecule has 7 nitrogen and oxygen atoms in total. The normalized spacial score (nSPS) is 10.2. The Kier molecular flexibility index (Phi) is 7.64. The van der Waals surface area contributed by atoms with Crippen molar-refractivity contribution in [3.8, 4) is 17.2 Å². The topological polar surface area (TPSA) is 85.9 Å². The zero-order chi connectivity index (χ0) is 23.8. The molecular formula is C25H23FN2O5. The Balaban J connectivity index is 1.79. The van der Waals surface area contributed by atoms with E-state index in [9.17, 15) is 14.0 Å². The zero-order valence-electron chi connectivity index (χ0n) is 18.2. The molecule has 0 unspecified atom stereocenters. The van der Waals surface area contributed by atoms with Crippen LogP contribution in [0.2, 0.25) is 0 Å². The summed E-state index contributed by atoms with van der Waals surface area (Å²) >= 11 is 0. The quantitative estimate of drug-likeness (QED) is 0.453. The highest BCUT2D eigenvalue weighted by atomic mass is 19.1. The number of anilines is 2. The molecule has 0 atom stereocenters. The van der Waals surface area contributed by atoms with Crippen molar-refractivity contribution in [3.05, 3.63) is 90.3 Å². The SMILES string of the molecule is C=CCOc1ccc(C(=O)Nc2ccc(OC)c(NC(=O)c3cccc(F)c3)c2)cc1OC. The highest BCUT2D eigenvalue weighted by Crippen LogP contribution is 2.30. The van der Waals surface area contributed by atoms with Crippen LogP contribution in [0.5, 0.6) is 17.2 Å². The van der Waals surface area contributed by atoms with E-state index in [0.29, 0.717) is 40.8 Å². The lowest BCUT2D eigenvalue weighted by atomic mass is 10.1. The van der Waals surface area contributed by atoms with E-state index in [2.05, 4.69) is 17.2 Å². The Morgan fingerprint density at radius 1 is 0.879 bits per heavy atom. The summed E-state index contributed by atoms with van der Waals surface area (Å²) in [5.41, 5.74) is 1.23. The first-order chi connectivity index (χ1) is 15.9. The van der Waals surface area contributed by atoms with Crippen LogP contribution in [0.4, 0.5) is 15.8 Å². The lowest BCUT2D eigenvalue weighted by Gasteiger charge is -2.14. The molecule has 0 heterocycles. The molecule has 3 aromatic rings. The van der Waals surface area contributed by atoms with Gasteiger partial charge in [-0.05, 0) is 54.6 Å². The fraction of sp³-hybridized carbons (Fsp3) is 0.120. The van der Waals surface area contributed by atoms with Gasteiger partial charge in [0, 0.05) is 16.8 Å². The molecule has 0 aliphatic carbocycles. The number of amides is 2. The average Bonchev–Trinajstić information content (AvgIpc) is 2.82. The van der Waals surface area contributed by atoms with Crippen LogP contribution in [0.25, 0.3) is 0 Å². The number of methoxy groups -OCH3 is 2. The molecule has 0 saturated heterocycles. The van der Waals surface area contributed by atoms with Crippen molar-refractivity contribution in [1.29, 1.82) is 0 Å². The fourth-order valence-electron chi connectivity index (χ4n) is 2.99. The predicted molar refractivity (Wildman–Crippen MR) is 124 cm³/mol. The molecule has 0 aliphatic heterocycles. The Morgan fingerprint density at radius 3 is 2.27 bits per heavy atom. The zero-order valence-corrected chi connectivity index (χ0v) is 18.2. The maximum absolute atomic E-state index is 13.4. The van der Waals surface area contributed by atoms with Gasteiger partial charge in [-0.1, -0.05) is 18.7 Å². The summed E-state index contributed by atoms with van der Waals surface area (Å²) in [4.78, 5) is 25.3. The minimum Gasteiger partial charge on any atom is -0.495 e. The van der Waals surface area contributed by atoms with Gasteiger partial charge in [-0.15, -0.1) is 0 Å². The molecule has 0 aromatic heterocycles. The fourth-order valence-corrected chi connectivity index (χ4v) is 2.99. The van der Waals surface area contributed by atoms with Crippen molar-refractivity contribution in [2.75, 3.05) is 31.5 Å². The second-order valence-electron chi connectivity index (χ2n) is 6.80. The third kappa shape index (κ3) is 5.88. The Labute approximate surface area is 190 Å². The van der Waals surface area contributed by atoms with Gasteiger partial charge < -0.3 is 24.8 Å². The number of rotatable bonds is 9. The summed E-state index contributed by atoms with van der Waals surface area (Å²) in [5.74, 6) is -0.162. The summed E-state index contributed by atoms with van der Waals surface area (Å²) in [5, 5.41) is 5.44. The molecule has 0 bridgehead atoms. The van der Waals surface area contributed by atoms with Gasteiger partial charge in [0.15, 0.2) is 11.5 Å². The van der Waals surface area contributed by atoms with Crippen LogP contribution in [0.1, 0.15) is 20.7 Å². The van der Waals surface area contributed by atoms with E-state index in [4.69, 9.17) is 14.2 Å². The lowest BCUT2D eigenvalue weighted by molar-refractivity contribution is 0.101. The van der Waals surface area contributed by atoms with Gasteiger partial charge in [0.2, 0.25) is 0 Å². The van der Waals surface area contributed by atoms with Crippen LogP contribution in [0.15, 0.2) is 73.3 Å². The van der Waals surface area contributed by atoms with Gasteiger partial charge in [-0.25, -0.2) is 4.39 Å². The minimum atomic E-state index is -0.521. The molecule has 3 rings (SSSR count). The molecule has 2 N–H and O–H groups in total. The van der Waals surface area contributed by atoms with E-state index in [-0.39, 0.29) is 5.56 Å². The summed E-state index contributed by atoms with van der Waals surface area (Å²) in [7, 11) is 2.93. The summed E-state index contributed by atoms with van der Waals surface area (Å²) in [6.07, 6.45) is 1.61. The molecule has 0 aliphatic rings. The molecule has 170 valence electrons. The van der Waals surface area contributed by atoms with Crippen molar-refractivity contribution in [1.82, 2.24) is 0 Å². The number of nitrogens with one attached hydrogen (secondary N) is 2. The van der Waals surface area contributed by atoms with Gasteiger partial charge in [-0.3, -0.25) is 9.59 Å². The van der Waals surface area contributed by atoms with E-state index >= 15 is 0 Å². The van der Waals surface area contributed by atoms with Crippen molar-refractivity contribution in [2.45, 2.75) is 0 Å². The van der Waals surface area contributed by atoms with Gasteiger partial charge in [0.1, 0.15) is 18.2 Å². The number of ether oxygens (including phenoxy) is 3. The number of benzene rings is 3. The highest BCUT2D eigenvalue weighted by molar-refractivity contribution is 6.07. The lowest BCUT2D eigenvalue weighted by Crippen LogP contribution is -2.15. The standard InChI is InChI=1S/C25H23FN2O5/c1-4-12-33-22-10-8-17(14-23(22)32-3)24(29)27-19-9-11-21(31-2)20(15-19)28-25(30)16-6-5-7-18(26)13-16/h4-11,13-15H,1,12H2,2-3H3,(H,27,29)(H,28,30). The van der Waals surface area contributed by atoms with Crippen LogP contribution in [-0.4, -0.2) is 32.6 Å². The largest absolute Gasteiger partial charge is 0.495 e. The maximum Gasteiger partial charge on any atom is 0.255 e. The molecule has 0 spiro atoms. The first-order valence-electron chi connectivity index (χ1n) is 9.93. The first-order valence-corrected chi connectivity index (χ1v) is 9.93. The Morgan fingerprint density at radius 2 is 1.58 bits per heavy atom. The van der Waals surface area contributed by atoms with Crippen molar-refractivity contribution in [2.24, 2.45) is 0 Å². The minimum absolute atomic E-state index is 0.150. The second kappa shape index (κ2) is 10.8. The monoisotopic (exact) mass is 450 g/mol. The molecule has 3 aromatic carbocycles. The highest BCUT2D eigenvalue weighted by Gasteiger charge is 2.15. The van der Waals surface area contributed by atoms with Crippen molar-refractivity contribution >= 4 is 23.2 Å². The molecule has 33 heavy (non-hydrogen) atoms. The molecule has 0 radical (unpaired) electrons. The Bertz CT molecular complexity index is 1180. The van der Waals surface area contributed by atoms with E-state index in [1.807, 2.05) is 0 Å². The number of halogens is 1. The molecular weight excluding hydrogens is 427 g/mol. The van der Waals surface area contributed by atoms with E-state index in [1.54, 1.807) is 42.5 Å². The molecule has 8 heteroatoms. The number of hydrogen-bond donors (Lipinski definition) is 2. The van der Waals surface area contributed by atoms with E-state index in [1.165, 1.54) is 32.4 Å². The van der Waals surface area contributed by atoms with E-state index < -0.39 is 17.6 Å². The number of carbonyl (C=O) groups is 2. The average molecular weight is 450 g/mol. The van der Waals surface area contributed by atoms with Crippen LogP contribution in [0, 0.1) is 5.82 Å². The van der Waals surface area contributed by atoms with Crippen molar-refractivity contribution in [3.63, 3.8) is 0 Å². The molecule has 0 fully saturated rings. The summed E-state index contributed by atoms with van der Waals surface area (Å²) in [6, 6.07) is 14.9. The van der Waals surface area contributed by atoms with Gasteiger partial charge in [0.05, 0.1) is 19.9 Å². The first kappa shape index (κ1) is 23.3. The van der Waals surface area contributed by atoms with Crippen LogP contribution >= 0.6 is 0 Å². The Hall–Kier alpha value is -4.33. The number of carbonyl (C=O) groups excluding carboxylic acids is 2. The van der Waals surface area contributed by atoms with Gasteiger partial charge in [-0.2, -0.15) is 0 Å². The second-order valence-corrected chi connectivity index (χ2v) is 6.80. The molecule has 2 amide bonds. The van der Waals surface area contributed by atoms with Crippen LogP contribution < -0.4 is 24.8 Å². The maximum atomic E-state index is 13.4. The molecule has 0 saturated carbocycles.